The molecule has 0 aliphatic carbocycles. The van der Waals surface area contributed by atoms with Gasteiger partial charge < -0.3 is 11.5 Å². The number of carbonyl (C=O) groups is 2. The molecule has 0 radical (unpaired) electrons. The highest BCUT2D eigenvalue weighted by Crippen LogP contribution is 1.52. The van der Waals surface area contributed by atoms with Gasteiger partial charge >= 0.3 is 0 Å². The summed E-state index contributed by atoms with van der Waals surface area (Å²) in [7, 11) is 0. The molecular weight excluding hydrogens is 132 g/mol. The van der Waals surface area contributed by atoms with E-state index in [9.17, 15) is 9.59 Å². The van der Waals surface area contributed by atoms with Crippen LogP contribution in [-0.4, -0.2) is 24.7 Å². The number of Topliss-reactive ketones (excluding diaryl/α,β-unsaturated/α-hetero) is 2. The van der Waals surface area contributed by atoms with E-state index in [1.54, 1.807) is 0 Å². The van der Waals surface area contributed by atoms with E-state index in [1.165, 1.54) is 13.8 Å². The number of rotatable bonds is 3. The Labute approximate surface area is 62.0 Å². The van der Waals surface area contributed by atoms with E-state index in [1.807, 2.05) is 5.73 Å². The smallest absolute Gasteiger partial charge is 0.143 e. The van der Waals surface area contributed by atoms with Gasteiger partial charge in [0.2, 0.25) is 0 Å². The van der Waals surface area contributed by atoms with Crippen LogP contribution in [0.2, 0.25) is 1.41 Å². The van der Waals surface area contributed by atoms with Crippen LogP contribution in [-0.2, 0) is 9.59 Å². The zero-order valence-electron chi connectivity index (χ0n) is 7.31. The van der Waals surface area contributed by atoms with Crippen molar-refractivity contribution < 1.29 is 11.0 Å². The maximum Gasteiger partial charge on any atom is 0.143 e. The molecule has 0 spiro atoms. The largest absolute Gasteiger partial charge is 0.324 e. The van der Waals surface area contributed by atoms with Gasteiger partial charge in [-0.3, -0.25) is 9.59 Å². The molecule has 10 heavy (non-hydrogen) atoms. The van der Waals surface area contributed by atoms with E-state index >= 15 is 0 Å². The standard InChI is InChI=1S/2C3H7NO/c2*1-3(5)2-4/h2*2,4H2,1H3/i/hD. The van der Waals surface area contributed by atoms with Gasteiger partial charge in [-0.05, 0) is 13.8 Å². The van der Waals surface area contributed by atoms with Crippen molar-refractivity contribution in [1.29, 1.82) is 0 Å². The number of ketones is 2. The first-order chi connectivity index (χ1) is 5.04. The number of carbonyl (C=O) groups excluding carboxylic acids is 2. The fourth-order valence-corrected chi connectivity index (χ4v) is 0. The highest BCUT2D eigenvalue weighted by Gasteiger charge is 1.77. The summed E-state index contributed by atoms with van der Waals surface area (Å²) in [4.78, 5) is 19.5. The quantitative estimate of drug-likeness (QED) is 0.540. The van der Waals surface area contributed by atoms with Gasteiger partial charge in [0.05, 0.1) is 13.1 Å². The van der Waals surface area contributed by atoms with E-state index < -0.39 is 0 Å². The lowest BCUT2D eigenvalue weighted by molar-refractivity contribution is -0.116. The fraction of sp³-hybridized carbons (Fsp3) is 0.667. The van der Waals surface area contributed by atoms with Crippen molar-refractivity contribution in [1.82, 2.24) is 0 Å². The first-order valence-electron chi connectivity index (χ1n) is 3.38. The summed E-state index contributed by atoms with van der Waals surface area (Å²) in [5.74, 6) is 0.0231. The van der Waals surface area contributed by atoms with Gasteiger partial charge in [-0.15, -0.1) is 0 Å². The number of hydrogen-bond donors (Lipinski definition) is 2. The Morgan fingerprint density at radius 2 is 1.70 bits per heavy atom. The molecule has 0 aliphatic heterocycles. The second kappa shape index (κ2) is 8.26. The molecule has 0 saturated heterocycles. The molecule has 0 unspecified atom stereocenters. The van der Waals surface area contributed by atoms with Crippen molar-refractivity contribution in [3.8, 4) is 0 Å². The lowest BCUT2D eigenvalue weighted by Gasteiger charge is -1.73. The normalized spacial score (nSPS) is 8.90. The molecule has 4 N–H and O–H groups in total. The van der Waals surface area contributed by atoms with E-state index in [4.69, 9.17) is 7.15 Å². The van der Waals surface area contributed by atoms with Crippen LogP contribution in [0.4, 0.5) is 0 Å². The first kappa shape index (κ1) is 9.26. The van der Waals surface area contributed by atoms with Crippen molar-refractivity contribution in [2.24, 2.45) is 11.5 Å². The van der Waals surface area contributed by atoms with Gasteiger partial charge in [0.1, 0.15) is 13.0 Å². The Balaban J connectivity index is 0. The molecule has 0 amide bonds. The highest BCUT2D eigenvalue weighted by atomic mass is 16.1. The van der Waals surface area contributed by atoms with Crippen LogP contribution in [0, 0.1) is 0 Å². The van der Waals surface area contributed by atoms with Crippen molar-refractivity contribution in [2.45, 2.75) is 13.8 Å². The lowest BCUT2D eigenvalue weighted by Crippen LogP contribution is -2.07. The Morgan fingerprint density at radius 3 is 1.70 bits per heavy atom. The van der Waals surface area contributed by atoms with Crippen LogP contribution >= 0.6 is 0 Å². The van der Waals surface area contributed by atoms with E-state index in [0.717, 1.165) is 0 Å². The van der Waals surface area contributed by atoms with E-state index in [2.05, 4.69) is 0 Å². The zero-order valence-corrected chi connectivity index (χ0v) is 6.31. The highest BCUT2D eigenvalue weighted by molar-refractivity contribution is 5.77. The van der Waals surface area contributed by atoms with Gasteiger partial charge in [0, 0.05) is 0 Å². The maximum atomic E-state index is 9.86. The number of hydrogen-bond acceptors (Lipinski definition) is 4. The average molecular weight is 147 g/mol. The van der Waals surface area contributed by atoms with Crippen LogP contribution < -0.4 is 11.5 Å². The molecule has 0 saturated carbocycles. The SMILES string of the molecule is CC(=O)CN.[2H]NCC(C)=O. The molecule has 60 valence electrons. The summed E-state index contributed by atoms with van der Waals surface area (Å²) in [6.07, 6.45) is 0. The molecule has 0 aromatic heterocycles. The monoisotopic (exact) mass is 147 g/mol. The molecular formula is C6H14N2O2. The summed E-state index contributed by atoms with van der Waals surface area (Å²) in [6.45, 7) is 3.21. The maximum absolute atomic E-state index is 9.86. The van der Waals surface area contributed by atoms with Gasteiger partial charge in [-0.2, -0.15) is 0 Å². The topological polar surface area (TPSA) is 86.2 Å². The first-order valence-corrected chi connectivity index (χ1v) is 2.88. The minimum atomic E-state index is -0.00926. The third kappa shape index (κ3) is 26.8. The molecule has 0 aromatic rings. The molecule has 0 rings (SSSR count). The molecule has 0 heterocycles. The van der Waals surface area contributed by atoms with Crippen LogP contribution in [0.3, 0.4) is 0 Å². The molecule has 0 fully saturated rings. The van der Waals surface area contributed by atoms with Crippen LogP contribution in [0.15, 0.2) is 0 Å². The van der Waals surface area contributed by atoms with Crippen molar-refractivity contribution >= 4 is 11.6 Å². The summed E-state index contributed by atoms with van der Waals surface area (Å²) in [5, 5.41) is 0. The average Bonchev–Trinajstić information content (AvgIpc) is 1.89. The Kier molecular flexibility index (Phi) is 7.65. The van der Waals surface area contributed by atoms with Gasteiger partial charge in [-0.25, -0.2) is 0 Å². The molecule has 0 atom stereocenters. The summed E-state index contributed by atoms with van der Waals surface area (Å²) in [6, 6.07) is 0. The summed E-state index contributed by atoms with van der Waals surface area (Å²) in [5.41, 5.74) is 6.79. The van der Waals surface area contributed by atoms with Crippen LogP contribution in [0.5, 0.6) is 0 Å². The Bertz CT molecular complexity index is 128. The molecule has 4 heteroatoms. The Morgan fingerprint density at radius 1 is 1.30 bits per heavy atom. The van der Waals surface area contributed by atoms with Gasteiger partial charge in [0.25, 0.3) is 0 Å². The summed E-state index contributed by atoms with van der Waals surface area (Å²) >= 11 is 0. The molecule has 0 aromatic carbocycles. The predicted molar refractivity (Wildman–Crippen MR) is 39.5 cm³/mol. The zero-order chi connectivity index (χ0) is 9.28. The molecule has 4 nitrogen and oxygen atoms in total. The minimum Gasteiger partial charge on any atom is -0.324 e. The van der Waals surface area contributed by atoms with Crippen molar-refractivity contribution in [3.05, 3.63) is 0 Å². The third-order valence-electron chi connectivity index (χ3n) is 0.536. The van der Waals surface area contributed by atoms with Crippen LogP contribution in [0.25, 0.3) is 0 Å². The number of nitrogens with two attached hydrogens (primary N) is 2. The van der Waals surface area contributed by atoms with Crippen LogP contribution in [0.1, 0.15) is 13.8 Å². The molecule has 0 bridgehead atoms. The fourth-order valence-electron chi connectivity index (χ4n) is 0. The summed E-state index contributed by atoms with van der Waals surface area (Å²) < 4.78 is 6.26. The lowest BCUT2D eigenvalue weighted by atomic mass is 10.5. The van der Waals surface area contributed by atoms with E-state index in [-0.39, 0.29) is 24.7 Å². The van der Waals surface area contributed by atoms with Gasteiger partial charge in [0.15, 0.2) is 0 Å². The van der Waals surface area contributed by atoms with Crippen molar-refractivity contribution in [2.75, 3.05) is 13.1 Å². The molecule has 0 aliphatic rings. The van der Waals surface area contributed by atoms with E-state index in [0.29, 0.717) is 0 Å². The second-order valence-electron chi connectivity index (χ2n) is 1.78. The third-order valence-corrected chi connectivity index (χ3v) is 0.536. The second-order valence-corrected chi connectivity index (χ2v) is 1.78. The van der Waals surface area contributed by atoms with Gasteiger partial charge in [-0.1, -0.05) is 0 Å². The minimum absolute atomic E-state index is 0.00926. The Hall–Kier alpha value is -0.740. The predicted octanol–water partition coefficient (Wildman–Crippen LogP) is -0.932. The van der Waals surface area contributed by atoms with Crippen molar-refractivity contribution in [3.63, 3.8) is 0 Å².